The number of thioether (sulfide) groups is 2. The number of rotatable bonds is 8. The van der Waals surface area contributed by atoms with E-state index in [-0.39, 0.29) is 11.7 Å². The molecule has 0 saturated carbocycles. The third-order valence-corrected chi connectivity index (χ3v) is 5.22. The standard InChI is InChI=1S/C12H13N3O2S3/c13-10(16)8-19-12-15-14-11(20-12)18-7-6-17-9-4-2-1-3-5-9/h1-5H,6-8H2,(H2,13,16). The minimum atomic E-state index is -0.351. The molecule has 1 amide bonds. The Hall–Kier alpha value is -1.25. The van der Waals surface area contributed by atoms with E-state index >= 15 is 0 Å². The molecule has 0 unspecified atom stereocenters. The van der Waals surface area contributed by atoms with Crippen molar-refractivity contribution in [3.8, 4) is 5.75 Å². The van der Waals surface area contributed by atoms with Crippen LogP contribution in [-0.2, 0) is 4.79 Å². The Morgan fingerprint density at radius 1 is 1.20 bits per heavy atom. The molecule has 20 heavy (non-hydrogen) atoms. The van der Waals surface area contributed by atoms with Gasteiger partial charge in [-0.2, -0.15) is 0 Å². The molecule has 0 aliphatic rings. The van der Waals surface area contributed by atoms with E-state index in [4.69, 9.17) is 10.5 Å². The lowest BCUT2D eigenvalue weighted by Gasteiger charge is -2.03. The van der Waals surface area contributed by atoms with Gasteiger partial charge in [-0.25, -0.2) is 0 Å². The van der Waals surface area contributed by atoms with E-state index in [9.17, 15) is 4.79 Å². The zero-order valence-electron chi connectivity index (χ0n) is 10.5. The molecular weight excluding hydrogens is 314 g/mol. The molecule has 0 bridgehead atoms. The summed E-state index contributed by atoms with van der Waals surface area (Å²) in [5.74, 6) is 1.54. The molecule has 1 aromatic heterocycles. The van der Waals surface area contributed by atoms with Gasteiger partial charge in [-0.15, -0.1) is 10.2 Å². The van der Waals surface area contributed by atoms with Gasteiger partial charge in [0.05, 0.1) is 12.4 Å². The fourth-order valence-electron chi connectivity index (χ4n) is 1.25. The molecule has 1 heterocycles. The summed E-state index contributed by atoms with van der Waals surface area (Å²) in [6, 6.07) is 9.68. The molecular formula is C12H13N3O2S3. The zero-order chi connectivity index (χ0) is 14.2. The number of benzene rings is 1. The van der Waals surface area contributed by atoms with Gasteiger partial charge >= 0.3 is 0 Å². The van der Waals surface area contributed by atoms with E-state index in [0.717, 1.165) is 20.2 Å². The highest BCUT2D eigenvalue weighted by Gasteiger charge is 2.06. The van der Waals surface area contributed by atoms with Crippen molar-refractivity contribution in [3.05, 3.63) is 30.3 Å². The number of amides is 1. The first-order valence-corrected chi connectivity index (χ1v) is 8.58. The maximum Gasteiger partial charge on any atom is 0.227 e. The van der Waals surface area contributed by atoms with Crippen LogP contribution in [0, 0.1) is 0 Å². The Morgan fingerprint density at radius 3 is 2.60 bits per heavy atom. The third kappa shape index (κ3) is 5.40. The molecule has 0 saturated heterocycles. The summed E-state index contributed by atoms with van der Waals surface area (Å²) >= 11 is 4.36. The van der Waals surface area contributed by atoms with Gasteiger partial charge in [0.1, 0.15) is 5.75 Å². The number of primary amides is 1. The summed E-state index contributed by atoms with van der Waals surface area (Å²) in [4.78, 5) is 10.7. The molecule has 0 atom stereocenters. The van der Waals surface area contributed by atoms with Crippen LogP contribution in [-0.4, -0.2) is 34.2 Å². The first-order chi connectivity index (χ1) is 9.74. The van der Waals surface area contributed by atoms with Crippen LogP contribution in [0.1, 0.15) is 0 Å². The fourth-order valence-corrected chi connectivity index (χ4v) is 3.90. The van der Waals surface area contributed by atoms with Crippen LogP contribution < -0.4 is 10.5 Å². The minimum Gasteiger partial charge on any atom is -0.493 e. The molecule has 8 heteroatoms. The van der Waals surface area contributed by atoms with Crippen molar-refractivity contribution in [1.82, 2.24) is 10.2 Å². The zero-order valence-corrected chi connectivity index (χ0v) is 13.0. The highest BCUT2D eigenvalue weighted by molar-refractivity contribution is 8.03. The van der Waals surface area contributed by atoms with Crippen molar-refractivity contribution < 1.29 is 9.53 Å². The monoisotopic (exact) mass is 327 g/mol. The quantitative estimate of drug-likeness (QED) is 0.592. The van der Waals surface area contributed by atoms with Crippen LogP contribution in [0.4, 0.5) is 0 Å². The largest absolute Gasteiger partial charge is 0.493 e. The maximum absolute atomic E-state index is 10.7. The smallest absolute Gasteiger partial charge is 0.227 e. The van der Waals surface area contributed by atoms with Gasteiger partial charge < -0.3 is 10.5 Å². The lowest BCUT2D eigenvalue weighted by Crippen LogP contribution is -2.12. The second-order valence-electron chi connectivity index (χ2n) is 3.60. The summed E-state index contributed by atoms with van der Waals surface area (Å²) in [7, 11) is 0. The van der Waals surface area contributed by atoms with Gasteiger partial charge in [0.15, 0.2) is 8.68 Å². The summed E-state index contributed by atoms with van der Waals surface area (Å²) in [5.41, 5.74) is 5.08. The molecule has 5 nitrogen and oxygen atoms in total. The molecule has 0 aliphatic heterocycles. The normalized spacial score (nSPS) is 10.4. The first-order valence-electron chi connectivity index (χ1n) is 5.79. The highest BCUT2D eigenvalue weighted by atomic mass is 32.2. The van der Waals surface area contributed by atoms with Crippen molar-refractivity contribution in [2.45, 2.75) is 8.68 Å². The van der Waals surface area contributed by atoms with Crippen LogP contribution in [0.25, 0.3) is 0 Å². The van der Waals surface area contributed by atoms with Crippen LogP contribution in [0.15, 0.2) is 39.0 Å². The predicted octanol–water partition coefficient (Wildman–Crippen LogP) is 2.29. The topological polar surface area (TPSA) is 78.1 Å². The molecule has 0 spiro atoms. The summed E-state index contributed by atoms with van der Waals surface area (Å²) < 4.78 is 7.21. The lowest BCUT2D eigenvalue weighted by molar-refractivity contribution is -0.115. The van der Waals surface area contributed by atoms with Crippen LogP contribution in [0.5, 0.6) is 5.75 Å². The molecule has 106 valence electrons. The third-order valence-electron chi connectivity index (χ3n) is 2.05. The van der Waals surface area contributed by atoms with Gasteiger partial charge in [0.2, 0.25) is 5.91 Å². The summed E-state index contributed by atoms with van der Waals surface area (Å²) in [5, 5.41) is 8.03. The van der Waals surface area contributed by atoms with Crippen LogP contribution in [0.3, 0.4) is 0 Å². The Morgan fingerprint density at radius 2 is 1.90 bits per heavy atom. The Kier molecular flexibility index (Phi) is 6.16. The SMILES string of the molecule is NC(=O)CSc1nnc(SCCOc2ccccc2)s1. The molecule has 2 rings (SSSR count). The van der Waals surface area contributed by atoms with Crippen molar-refractivity contribution in [2.24, 2.45) is 5.73 Å². The van der Waals surface area contributed by atoms with E-state index in [0.29, 0.717) is 6.61 Å². The van der Waals surface area contributed by atoms with Crippen molar-refractivity contribution in [3.63, 3.8) is 0 Å². The van der Waals surface area contributed by atoms with Crippen LogP contribution in [0.2, 0.25) is 0 Å². The van der Waals surface area contributed by atoms with Crippen molar-refractivity contribution in [1.29, 1.82) is 0 Å². The average molecular weight is 327 g/mol. The van der Waals surface area contributed by atoms with E-state index in [1.165, 1.54) is 23.1 Å². The number of carbonyl (C=O) groups excluding carboxylic acids is 1. The van der Waals surface area contributed by atoms with Crippen molar-refractivity contribution >= 4 is 40.8 Å². The number of aromatic nitrogens is 2. The van der Waals surface area contributed by atoms with E-state index in [2.05, 4.69) is 10.2 Å². The van der Waals surface area contributed by atoms with Gasteiger partial charge in [0.25, 0.3) is 0 Å². The Balaban J connectivity index is 1.68. The lowest BCUT2D eigenvalue weighted by atomic mass is 10.3. The van der Waals surface area contributed by atoms with Gasteiger partial charge in [-0.1, -0.05) is 53.1 Å². The number of ether oxygens (including phenoxy) is 1. The van der Waals surface area contributed by atoms with E-state index < -0.39 is 0 Å². The molecule has 0 aliphatic carbocycles. The van der Waals surface area contributed by atoms with Gasteiger partial charge in [-0.05, 0) is 12.1 Å². The van der Waals surface area contributed by atoms with E-state index in [1.54, 1.807) is 11.8 Å². The number of hydrogen-bond acceptors (Lipinski definition) is 7. The number of hydrogen-bond donors (Lipinski definition) is 1. The number of nitrogens with zero attached hydrogens (tertiary/aromatic N) is 2. The second kappa shape index (κ2) is 8.13. The van der Waals surface area contributed by atoms with Gasteiger partial charge in [-0.3, -0.25) is 4.79 Å². The number of nitrogens with two attached hydrogens (primary N) is 1. The second-order valence-corrected chi connectivity index (χ2v) is 7.14. The molecule has 2 aromatic rings. The predicted molar refractivity (Wildman–Crippen MR) is 82.5 cm³/mol. The molecule has 1 aromatic carbocycles. The van der Waals surface area contributed by atoms with Gasteiger partial charge in [0, 0.05) is 5.75 Å². The minimum absolute atomic E-state index is 0.233. The fraction of sp³-hybridized carbons (Fsp3) is 0.250. The highest BCUT2D eigenvalue weighted by Crippen LogP contribution is 2.28. The molecule has 0 radical (unpaired) electrons. The maximum atomic E-state index is 10.7. The summed E-state index contributed by atoms with van der Waals surface area (Å²) in [6.45, 7) is 0.609. The Labute approximate surface area is 129 Å². The number of carbonyl (C=O) groups is 1. The van der Waals surface area contributed by atoms with E-state index in [1.807, 2.05) is 30.3 Å². The summed E-state index contributed by atoms with van der Waals surface area (Å²) in [6.07, 6.45) is 0. The molecule has 0 fully saturated rings. The first kappa shape index (κ1) is 15.1. The average Bonchev–Trinajstić information content (AvgIpc) is 2.90. The van der Waals surface area contributed by atoms with Crippen LogP contribution >= 0.6 is 34.9 Å². The Bertz CT molecular complexity index is 548. The number of para-hydroxylation sites is 1. The van der Waals surface area contributed by atoms with Crippen molar-refractivity contribution in [2.75, 3.05) is 18.1 Å². The molecule has 2 N–H and O–H groups in total.